The average Bonchev–Trinajstić information content (AvgIpc) is 3.65. The van der Waals surface area contributed by atoms with Gasteiger partial charge in [-0.05, 0) is 57.1 Å². The molecule has 0 saturated carbocycles. The fourth-order valence-corrected chi connectivity index (χ4v) is 6.04. The van der Waals surface area contributed by atoms with Crippen molar-refractivity contribution in [2.24, 2.45) is 0 Å². The van der Waals surface area contributed by atoms with Crippen LogP contribution in [0.25, 0.3) is 0 Å². The number of aromatic nitrogens is 8. The van der Waals surface area contributed by atoms with Crippen LogP contribution in [0.3, 0.4) is 0 Å². The number of nitrogens with one attached hydrogen (secondary N) is 2. The maximum absolute atomic E-state index is 12.7. The van der Waals surface area contributed by atoms with Gasteiger partial charge < -0.3 is 0 Å². The molecule has 0 spiro atoms. The highest BCUT2D eigenvalue weighted by Crippen LogP contribution is 2.34. The number of benzene rings is 2. The zero-order chi connectivity index (χ0) is 25.3. The van der Waals surface area contributed by atoms with Gasteiger partial charge in [0.15, 0.2) is 11.0 Å². The van der Waals surface area contributed by atoms with E-state index < -0.39 is 10.8 Å². The summed E-state index contributed by atoms with van der Waals surface area (Å²) in [6.07, 6.45) is 7.24. The van der Waals surface area contributed by atoms with Crippen LogP contribution in [-0.4, -0.2) is 51.9 Å². The van der Waals surface area contributed by atoms with Gasteiger partial charge in [-0.1, -0.05) is 77.5 Å². The molecule has 0 aliphatic rings. The average molecular weight is 508 g/mol. The molecular weight excluding hydrogens is 472 g/mol. The quantitative estimate of drug-likeness (QED) is 0.199. The number of rotatable bonds is 14. The van der Waals surface area contributed by atoms with Gasteiger partial charge in [-0.3, -0.25) is 4.21 Å². The fraction of sp³-hybridized carbons (Fsp3) is 0.462. The second-order valence-electron chi connectivity index (χ2n) is 9.64. The maximum atomic E-state index is 12.7. The first-order chi connectivity index (χ1) is 17.5. The summed E-state index contributed by atoms with van der Waals surface area (Å²) in [5, 5.41) is 25.7. The van der Waals surface area contributed by atoms with Gasteiger partial charge in [-0.25, -0.2) is 0 Å². The van der Waals surface area contributed by atoms with Crippen molar-refractivity contribution in [1.82, 2.24) is 36.1 Å². The number of nitrogens with zero attached hydrogens (tertiary/aromatic N) is 6. The highest BCUT2D eigenvalue weighted by molar-refractivity contribution is 7.84. The molecule has 2 aromatic carbocycles. The Morgan fingerprint density at radius 2 is 1.47 bits per heavy atom. The van der Waals surface area contributed by atoms with Crippen LogP contribution in [0.5, 0.6) is 0 Å². The van der Waals surface area contributed by atoms with Gasteiger partial charge in [0.05, 0.1) is 5.41 Å². The minimum Gasteiger partial charge on any atom is -0.260 e. The van der Waals surface area contributed by atoms with Gasteiger partial charge in [-0.2, -0.15) is 9.90 Å². The van der Waals surface area contributed by atoms with Crippen LogP contribution in [0.1, 0.15) is 69.3 Å². The van der Waals surface area contributed by atoms with Crippen molar-refractivity contribution in [3.05, 3.63) is 83.9 Å². The summed E-state index contributed by atoms with van der Waals surface area (Å²) < 4.78 is 14.7. The molecule has 190 valence electrons. The highest BCUT2D eigenvalue weighted by atomic mass is 32.2. The second-order valence-corrected chi connectivity index (χ2v) is 11.3. The van der Waals surface area contributed by atoms with E-state index in [9.17, 15) is 4.21 Å². The molecule has 0 aliphatic carbocycles. The van der Waals surface area contributed by atoms with Gasteiger partial charge >= 0.3 is 0 Å². The van der Waals surface area contributed by atoms with E-state index >= 15 is 0 Å². The first-order valence-corrected chi connectivity index (χ1v) is 14.0. The number of tetrazole rings is 2. The van der Waals surface area contributed by atoms with Crippen LogP contribution in [0.15, 0.2) is 67.0 Å². The highest BCUT2D eigenvalue weighted by Gasteiger charge is 2.34. The summed E-state index contributed by atoms with van der Waals surface area (Å²) in [6.45, 7) is 4.34. The van der Waals surface area contributed by atoms with Crippen LogP contribution in [0, 0.1) is 0 Å². The molecule has 2 heterocycles. The van der Waals surface area contributed by atoms with E-state index in [1.807, 2.05) is 28.9 Å². The molecule has 3 unspecified atom stereocenters. The number of H-pyrrole nitrogens is 2. The number of unbranched alkanes of at least 4 members (excludes halogenated alkanes) is 2. The van der Waals surface area contributed by atoms with E-state index in [0.717, 1.165) is 44.3 Å². The number of hydrogen-bond acceptors (Lipinski definition) is 6. The smallest absolute Gasteiger partial charge is 0.260 e. The molecule has 4 rings (SSSR count). The Balaban J connectivity index is 1.24. The lowest BCUT2D eigenvalue weighted by atomic mass is 9.77. The lowest BCUT2D eigenvalue weighted by molar-refractivity contribution is -0.804. The van der Waals surface area contributed by atoms with Gasteiger partial charge in [-0.15, -0.1) is 10.2 Å². The van der Waals surface area contributed by atoms with Crippen LogP contribution in [0.2, 0.25) is 0 Å². The minimum atomic E-state index is -0.828. The number of aromatic amines is 2. The van der Waals surface area contributed by atoms with Crippen LogP contribution in [0.4, 0.5) is 0 Å². The van der Waals surface area contributed by atoms with Crippen molar-refractivity contribution in [2.75, 3.05) is 11.5 Å². The Labute approximate surface area is 214 Å². The van der Waals surface area contributed by atoms with Gasteiger partial charge in [0.2, 0.25) is 0 Å². The summed E-state index contributed by atoms with van der Waals surface area (Å²) in [5.74, 6) is 2.13. The minimum absolute atomic E-state index is 0.275. The third-order valence-electron chi connectivity index (χ3n) is 7.14. The third-order valence-corrected chi connectivity index (χ3v) is 8.63. The molecule has 0 saturated heterocycles. The second kappa shape index (κ2) is 12.1. The zero-order valence-corrected chi connectivity index (χ0v) is 21.8. The first-order valence-electron chi connectivity index (χ1n) is 12.5. The van der Waals surface area contributed by atoms with E-state index in [1.54, 1.807) is 6.33 Å². The summed E-state index contributed by atoms with van der Waals surface area (Å²) in [7, 11) is -0.828. The summed E-state index contributed by atoms with van der Waals surface area (Å²) in [4.78, 5) is 0. The molecule has 10 heteroatoms. The van der Waals surface area contributed by atoms with Gasteiger partial charge in [0, 0.05) is 22.3 Å². The monoisotopic (exact) mass is 507 g/mol. The Kier molecular flexibility index (Phi) is 8.69. The first kappa shape index (κ1) is 25.8. The Hall–Kier alpha value is -3.27. The Morgan fingerprint density at radius 3 is 2.06 bits per heavy atom. The predicted octanol–water partition coefficient (Wildman–Crippen LogP) is 3.46. The molecule has 2 aromatic heterocycles. The molecule has 0 radical (unpaired) electrons. The summed E-state index contributed by atoms with van der Waals surface area (Å²) >= 11 is 0. The predicted molar refractivity (Wildman–Crippen MR) is 138 cm³/mol. The third kappa shape index (κ3) is 6.10. The standard InChI is InChI=1S/C26H34N8OS/c1-25(24-28-31-32-29-24,22-13-5-3-6-14-22)17-9-11-19-36(35)20-12-10-18-26(2,34-21-27-30-33-34)23-15-7-4-8-16-23/h3-8,13-16,21H,9-12,17-20H2,1-2H3,(H,28,29,31,32)/p+1. The fourth-order valence-electron chi connectivity index (χ4n) is 4.78. The molecule has 0 amide bonds. The van der Waals surface area contributed by atoms with Crippen molar-refractivity contribution in [1.29, 1.82) is 0 Å². The van der Waals surface area contributed by atoms with Crippen molar-refractivity contribution in [3.63, 3.8) is 0 Å². The van der Waals surface area contributed by atoms with Crippen LogP contribution in [-0.2, 0) is 21.8 Å². The zero-order valence-electron chi connectivity index (χ0n) is 21.0. The van der Waals surface area contributed by atoms with Crippen molar-refractivity contribution >= 4 is 10.8 Å². The lowest BCUT2D eigenvalue weighted by Crippen LogP contribution is -2.56. The maximum Gasteiger partial charge on any atom is 0.289 e. The van der Waals surface area contributed by atoms with Crippen molar-refractivity contribution in [3.8, 4) is 0 Å². The SMILES string of the molecule is CC(CCCCS(=O)CCCCC(C)(c1ccccc1)[n+]1cnn[nH]1)(c1ccccc1)c1nn[nH]n1. The molecule has 2 N–H and O–H groups in total. The van der Waals surface area contributed by atoms with Crippen LogP contribution < -0.4 is 4.68 Å². The van der Waals surface area contributed by atoms with E-state index in [4.69, 9.17) is 0 Å². The van der Waals surface area contributed by atoms with Crippen LogP contribution >= 0.6 is 0 Å². The van der Waals surface area contributed by atoms with E-state index in [-0.39, 0.29) is 11.0 Å². The summed E-state index contributed by atoms with van der Waals surface area (Å²) in [6, 6.07) is 20.7. The van der Waals surface area contributed by atoms with Crippen molar-refractivity contribution < 1.29 is 8.89 Å². The normalized spacial score (nSPS) is 15.7. The molecular formula is C26H35N8OS+. The molecule has 4 aromatic rings. The Morgan fingerprint density at radius 1 is 0.833 bits per heavy atom. The molecule has 9 nitrogen and oxygen atoms in total. The topological polar surface area (TPSA) is 117 Å². The molecule has 0 aliphatic heterocycles. The van der Waals surface area contributed by atoms with Crippen molar-refractivity contribution in [2.45, 2.75) is 63.3 Å². The molecule has 0 fully saturated rings. The molecule has 3 atom stereocenters. The number of hydrogen-bond donors (Lipinski definition) is 2. The largest absolute Gasteiger partial charge is 0.289 e. The lowest BCUT2D eigenvalue weighted by Gasteiger charge is -2.27. The summed E-state index contributed by atoms with van der Waals surface area (Å²) in [5.41, 5.74) is 1.77. The molecule has 0 bridgehead atoms. The van der Waals surface area contributed by atoms with Gasteiger partial charge in [0.25, 0.3) is 6.33 Å². The van der Waals surface area contributed by atoms with E-state index in [0.29, 0.717) is 11.6 Å². The Bertz CT molecular complexity index is 1090. The molecule has 36 heavy (non-hydrogen) atoms. The van der Waals surface area contributed by atoms with E-state index in [1.165, 1.54) is 11.1 Å². The van der Waals surface area contributed by atoms with E-state index in [2.05, 4.69) is 86.4 Å². The van der Waals surface area contributed by atoms with Gasteiger partial charge in [0.1, 0.15) is 10.6 Å².